The van der Waals surface area contributed by atoms with Crippen LogP contribution in [-0.2, 0) is 13.0 Å². The molecule has 4 aromatic rings. The van der Waals surface area contributed by atoms with Gasteiger partial charge in [0.25, 0.3) is 0 Å². The highest BCUT2D eigenvalue weighted by Gasteiger charge is 2.15. The van der Waals surface area contributed by atoms with Gasteiger partial charge in [-0.25, -0.2) is 4.98 Å². The lowest BCUT2D eigenvalue weighted by molar-refractivity contribution is 0.410. The number of anilines is 1. The van der Waals surface area contributed by atoms with Crippen molar-refractivity contribution in [1.82, 2.24) is 4.98 Å². The SMILES string of the molecule is COc1ccc(CNc2nc(-c3ccccc3)c(Cc3ccccc3OC)s2)cc1. The first-order chi connectivity index (χ1) is 14.8. The van der Waals surface area contributed by atoms with Crippen molar-refractivity contribution in [3.8, 4) is 22.8 Å². The van der Waals surface area contributed by atoms with Crippen molar-refractivity contribution in [2.45, 2.75) is 13.0 Å². The van der Waals surface area contributed by atoms with Crippen LogP contribution in [-0.4, -0.2) is 19.2 Å². The normalized spacial score (nSPS) is 10.6. The van der Waals surface area contributed by atoms with Gasteiger partial charge in [-0.15, -0.1) is 11.3 Å². The Bertz CT molecular complexity index is 1090. The van der Waals surface area contributed by atoms with E-state index in [2.05, 4.69) is 35.6 Å². The van der Waals surface area contributed by atoms with Crippen LogP contribution in [0.5, 0.6) is 11.5 Å². The summed E-state index contributed by atoms with van der Waals surface area (Å²) in [6.45, 7) is 0.708. The third-order valence-electron chi connectivity index (χ3n) is 4.89. The molecule has 0 atom stereocenters. The van der Waals surface area contributed by atoms with E-state index in [1.165, 1.54) is 10.4 Å². The molecule has 0 saturated carbocycles. The van der Waals surface area contributed by atoms with Gasteiger partial charge in [-0.05, 0) is 29.3 Å². The zero-order chi connectivity index (χ0) is 20.8. The van der Waals surface area contributed by atoms with Crippen LogP contribution in [0.3, 0.4) is 0 Å². The zero-order valence-corrected chi connectivity index (χ0v) is 17.9. The first-order valence-corrected chi connectivity index (χ1v) is 10.6. The molecule has 0 amide bonds. The van der Waals surface area contributed by atoms with E-state index in [4.69, 9.17) is 14.5 Å². The number of thiazole rings is 1. The molecule has 4 rings (SSSR count). The first kappa shape index (κ1) is 20.0. The maximum Gasteiger partial charge on any atom is 0.183 e. The van der Waals surface area contributed by atoms with Crippen molar-refractivity contribution >= 4 is 16.5 Å². The Hall–Kier alpha value is -3.31. The van der Waals surface area contributed by atoms with Gasteiger partial charge in [0.2, 0.25) is 0 Å². The van der Waals surface area contributed by atoms with Crippen molar-refractivity contribution < 1.29 is 9.47 Å². The Morgan fingerprint density at radius 1 is 0.833 bits per heavy atom. The molecular formula is C25H24N2O2S. The standard InChI is InChI=1S/C25H24N2O2S/c1-28-21-14-12-18(13-15-21)17-26-25-27-24(19-8-4-3-5-9-19)23(30-25)16-20-10-6-7-11-22(20)29-2/h3-15H,16-17H2,1-2H3,(H,26,27). The van der Waals surface area contributed by atoms with E-state index in [-0.39, 0.29) is 0 Å². The van der Waals surface area contributed by atoms with Gasteiger partial charge in [-0.2, -0.15) is 0 Å². The molecule has 5 heteroatoms. The monoisotopic (exact) mass is 416 g/mol. The molecule has 0 fully saturated rings. The van der Waals surface area contributed by atoms with Crippen LogP contribution < -0.4 is 14.8 Å². The molecule has 0 saturated heterocycles. The molecule has 1 heterocycles. The third-order valence-corrected chi connectivity index (χ3v) is 5.90. The number of benzene rings is 3. The van der Waals surface area contributed by atoms with Crippen molar-refractivity contribution in [1.29, 1.82) is 0 Å². The fourth-order valence-electron chi connectivity index (χ4n) is 3.31. The molecule has 152 valence electrons. The number of rotatable bonds is 8. The number of ether oxygens (including phenoxy) is 2. The predicted molar refractivity (Wildman–Crippen MR) is 124 cm³/mol. The highest BCUT2D eigenvalue weighted by Crippen LogP contribution is 2.34. The highest BCUT2D eigenvalue weighted by molar-refractivity contribution is 7.16. The van der Waals surface area contributed by atoms with Gasteiger partial charge in [0.05, 0.1) is 19.9 Å². The second-order valence-corrected chi connectivity index (χ2v) is 7.93. The third kappa shape index (κ3) is 4.63. The maximum absolute atomic E-state index is 5.55. The number of nitrogens with zero attached hydrogens (tertiary/aromatic N) is 1. The largest absolute Gasteiger partial charge is 0.497 e. The summed E-state index contributed by atoms with van der Waals surface area (Å²) in [6.07, 6.45) is 0.774. The van der Waals surface area contributed by atoms with E-state index in [1.807, 2.05) is 48.5 Å². The molecule has 3 aromatic carbocycles. The number of nitrogens with one attached hydrogen (secondary N) is 1. The Morgan fingerprint density at radius 2 is 1.57 bits per heavy atom. The molecule has 1 aromatic heterocycles. The Balaban J connectivity index is 1.60. The molecule has 0 radical (unpaired) electrons. The predicted octanol–water partition coefficient (Wildman–Crippen LogP) is 6.03. The lowest BCUT2D eigenvalue weighted by Gasteiger charge is -2.08. The van der Waals surface area contributed by atoms with E-state index in [9.17, 15) is 0 Å². The molecule has 0 bridgehead atoms. The van der Waals surface area contributed by atoms with E-state index < -0.39 is 0 Å². The van der Waals surface area contributed by atoms with Gasteiger partial charge in [0.1, 0.15) is 11.5 Å². The van der Waals surface area contributed by atoms with Crippen LogP contribution in [0.15, 0.2) is 78.9 Å². The first-order valence-electron chi connectivity index (χ1n) is 9.80. The van der Waals surface area contributed by atoms with E-state index in [0.717, 1.165) is 39.9 Å². The second-order valence-electron chi connectivity index (χ2n) is 6.85. The summed E-state index contributed by atoms with van der Waals surface area (Å²) in [5.41, 5.74) is 4.47. The highest BCUT2D eigenvalue weighted by atomic mass is 32.1. The minimum Gasteiger partial charge on any atom is -0.497 e. The van der Waals surface area contributed by atoms with Gasteiger partial charge in [-0.3, -0.25) is 0 Å². The number of para-hydroxylation sites is 1. The van der Waals surface area contributed by atoms with Crippen LogP contribution in [0.4, 0.5) is 5.13 Å². The van der Waals surface area contributed by atoms with E-state index in [1.54, 1.807) is 25.6 Å². The van der Waals surface area contributed by atoms with Crippen LogP contribution in [0.1, 0.15) is 16.0 Å². The number of hydrogen-bond acceptors (Lipinski definition) is 5. The van der Waals surface area contributed by atoms with E-state index >= 15 is 0 Å². The molecule has 0 aliphatic carbocycles. The molecule has 0 aliphatic rings. The summed E-state index contributed by atoms with van der Waals surface area (Å²) in [7, 11) is 3.39. The summed E-state index contributed by atoms with van der Waals surface area (Å²) in [4.78, 5) is 6.13. The smallest absolute Gasteiger partial charge is 0.183 e. The van der Waals surface area contributed by atoms with E-state index in [0.29, 0.717) is 6.54 Å². The quantitative estimate of drug-likeness (QED) is 0.381. The minimum absolute atomic E-state index is 0.708. The molecule has 0 unspecified atom stereocenters. The molecular weight excluding hydrogens is 392 g/mol. The molecule has 0 spiro atoms. The van der Waals surface area contributed by atoms with Crippen LogP contribution in [0.25, 0.3) is 11.3 Å². The lowest BCUT2D eigenvalue weighted by atomic mass is 10.1. The molecule has 4 nitrogen and oxygen atoms in total. The summed E-state index contributed by atoms with van der Waals surface area (Å²) < 4.78 is 10.8. The Kier molecular flexibility index (Phi) is 6.30. The number of hydrogen-bond donors (Lipinski definition) is 1. The van der Waals surface area contributed by atoms with Crippen molar-refractivity contribution in [2.75, 3.05) is 19.5 Å². The molecule has 0 aliphatic heterocycles. The summed E-state index contributed by atoms with van der Waals surface area (Å²) in [6, 6.07) is 26.6. The Morgan fingerprint density at radius 3 is 2.30 bits per heavy atom. The number of methoxy groups -OCH3 is 2. The fourth-order valence-corrected chi connectivity index (χ4v) is 4.31. The Labute approximate surface area is 181 Å². The minimum atomic E-state index is 0.708. The average molecular weight is 417 g/mol. The molecule has 1 N–H and O–H groups in total. The van der Waals surface area contributed by atoms with Crippen LogP contribution in [0, 0.1) is 0 Å². The lowest BCUT2D eigenvalue weighted by Crippen LogP contribution is -1.98. The topological polar surface area (TPSA) is 43.4 Å². The second kappa shape index (κ2) is 9.46. The van der Waals surface area contributed by atoms with Gasteiger partial charge in [0.15, 0.2) is 5.13 Å². The van der Waals surface area contributed by atoms with Crippen molar-refractivity contribution in [2.24, 2.45) is 0 Å². The van der Waals surface area contributed by atoms with Crippen LogP contribution in [0.2, 0.25) is 0 Å². The van der Waals surface area contributed by atoms with Gasteiger partial charge in [-0.1, -0.05) is 60.7 Å². The maximum atomic E-state index is 5.55. The average Bonchev–Trinajstić information content (AvgIpc) is 3.21. The van der Waals surface area contributed by atoms with Gasteiger partial charge >= 0.3 is 0 Å². The zero-order valence-electron chi connectivity index (χ0n) is 17.1. The van der Waals surface area contributed by atoms with Crippen LogP contribution >= 0.6 is 11.3 Å². The van der Waals surface area contributed by atoms with Gasteiger partial charge < -0.3 is 14.8 Å². The summed E-state index contributed by atoms with van der Waals surface area (Å²) in [5, 5.41) is 4.39. The summed E-state index contributed by atoms with van der Waals surface area (Å²) >= 11 is 1.69. The van der Waals surface area contributed by atoms with Crippen molar-refractivity contribution in [3.05, 3.63) is 94.9 Å². The summed E-state index contributed by atoms with van der Waals surface area (Å²) in [5.74, 6) is 1.76. The fraction of sp³-hybridized carbons (Fsp3) is 0.160. The van der Waals surface area contributed by atoms with Crippen molar-refractivity contribution in [3.63, 3.8) is 0 Å². The molecule has 30 heavy (non-hydrogen) atoms. The number of aromatic nitrogens is 1. The van der Waals surface area contributed by atoms with Gasteiger partial charge in [0, 0.05) is 23.4 Å².